The van der Waals surface area contributed by atoms with Gasteiger partial charge in [0, 0.05) is 13.1 Å². The number of hydrogen-bond donors (Lipinski definition) is 2. The summed E-state index contributed by atoms with van der Waals surface area (Å²) in [6.07, 6.45) is 7.20. The van der Waals surface area contributed by atoms with Gasteiger partial charge in [-0.1, -0.05) is 51.2 Å². The van der Waals surface area contributed by atoms with E-state index in [-0.39, 0.29) is 11.9 Å². The lowest BCUT2D eigenvalue weighted by Gasteiger charge is -2.31. The van der Waals surface area contributed by atoms with Crippen molar-refractivity contribution in [2.24, 2.45) is 10.9 Å². The maximum Gasteiger partial charge on any atom is 0.266 e. The van der Waals surface area contributed by atoms with E-state index in [4.69, 9.17) is 9.15 Å². The fraction of sp³-hybridized carbons (Fsp3) is 0.615. The van der Waals surface area contributed by atoms with E-state index >= 15 is 0 Å². The lowest BCUT2D eigenvalue weighted by molar-refractivity contribution is -0.123. The quantitative estimate of drug-likeness (QED) is 0.277. The SMILES string of the molecule is CCC(NC(=O)[C@H](CC1CCCCC1)N=C(NS(C)(=O)=O)N1CCOCC1)C(=O)c1nc2ccccc2o1. The second kappa shape index (κ2) is 12.7. The van der Waals surface area contributed by atoms with Crippen molar-refractivity contribution >= 4 is 38.8 Å². The van der Waals surface area contributed by atoms with Crippen molar-refractivity contribution in [3.63, 3.8) is 0 Å². The maximum absolute atomic E-state index is 13.6. The number of benzene rings is 1. The fourth-order valence-corrected chi connectivity index (χ4v) is 5.48. The molecule has 2 aromatic rings. The number of guanidine groups is 1. The van der Waals surface area contributed by atoms with Gasteiger partial charge < -0.3 is 19.4 Å². The molecule has 1 aromatic carbocycles. The van der Waals surface area contributed by atoms with Crippen LogP contribution in [0, 0.1) is 5.92 Å². The molecule has 0 radical (unpaired) electrons. The molecule has 1 aliphatic carbocycles. The summed E-state index contributed by atoms with van der Waals surface area (Å²) in [7, 11) is -3.64. The number of amides is 1. The summed E-state index contributed by atoms with van der Waals surface area (Å²) in [5.74, 6) is -0.475. The Bertz CT molecular complexity index is 1210. The Hall–Kier alpha value is -2.99. The molecule has 1 aliphatic heterocycles. The van der Waals surface area contributed by atoms with Gasteiger partial charge in [-0.3, -0.25) is 14.3 Å². The number of ketones is 1. The highest BCUT2D eigenvalue weighted by molar-refractivity contribution is 7.89. The zero-order chi connectivity index (χ0) is 27.1. The summed E-state index contributed by atoms with van der Waals surface area (Å²) in [4.78, 5) is 37.6. The first-order valence-corrected chi connectivity index (χ1v) is 15.2. The zero-order valence-electron chi connectivity index (χ0n) is 22.0. The van der Waals surface area contributed by atoms with Crippen molar-refractivity contribution in [1.82, 2.24) is 19.9 Å². The van der Waals surface area contributed by atoms with Crippen LogP contribution >= 0.6 is 0 Å². The smallest absolute Gasteiger partial charge is 0.266 e. The van der Waals surface area contributed by atoms with Crippen LogP contribution in [-0.2, 0) is 19.6 Å². The number of aromatic nitrogens is 1. The second-order valence-corrected chi connectivity index (χ2v) is 11.8. The van der Waals surface area contributed by atoms with Gasteiger partial charge in [0.1, 0.15) is 11.6 Å². The largest absolute Gasteiger partial charge is 0.434 e. The number of sulfonamides is 1. The van der Waals surface area contributed by atoms with Crippen LogP contribution in [0.1, 0.15) is 62.6 Å². The molecular formula is C26H37N5O6S. The number of Topliss-reactive ketones (excluding diaryl/α,β-unsaturated/α-hetero) is 1. The Kier molecular flexibility index (Phi) is 9.37. The lowest BCUT2D eigenvalue weighted by Crippen LogP contribution is -2.51. The van der Waals surface area contributed by atoms with Crippen molar-refractivity contribution in [2.45, 2.75) is 64.0 Å². The van der Waals surface area contributed by atoms with Crippen molar-refractivity contribution < 1.29 is 27.2 Å². The predicted octanol–water partition coefficient (Wildman–Crippen LogP) is 2.48. The van der Waals surface area contributed by atoms with Gasteiger partial charge in [-0.15, -0.1) is 0 Å². The number of nitrogens with zero attached hydrogens (tertiary/aromatic N) is 3. The number of oxazole rings is 1. The third kappa shape index (κ3) is 7.53. The van der Waals surface area contributed by atoms with Gasteiger partial charge >= 0.3 is 0 Å². The fourth-order valence-electron chi connectivity index (χ4n) is 4.97. The number of rotatable bonds is 9. The Balaban J connectivity index is 1.58. The van der Waals surface area contributed by atoms with Crippen LogP contribution in [0.4, 0.5) is 0 Å². The minimum atomic E-state index is -3.64. The molecular weight excluding hydrogens is 510 g/mol. The number of hydrogen-bond acceptors (Lipinski definition) is 8. The number of carbonyl (C=O) groups is 2. The van der Waals surface area contributed by atoms with Crippen LogP contribution < -0.4 is 10.0 Å². The third-order valence-corrected chi connectivity index (χ3v) is 7.55. The van der Waals surface area contributed by atoms with Crippen molar-refractivity contribution in [3.8, 4) is 0 Å². The number of aliphatic imine (C=N–C) groups is 1. The molecule has 38 heavy (non-hydrogen) atoms. The third-order valence-electron chi connectivity index (χ3n) is 7.00. The molecule has 4 rings (SSSR count). The summed E-state index contributed by atoms with van der Waals surface area (Å²) in [5, 5.41) is 2.85. The number of nitrogens with one attached hydrogen (secondary N) is 2. The number of ether oxygens (including phenoxy) is 1. The van der Waals surface area contributed by atoms with Crippen LogP contribution in [0.5, 0.6) is 0 Å². The molecule has 0 spiro atoms. The summed E-state index contributed by atoms with van der Waals surface area (Å²) >= 11 is 0. The Labute approximate surface area is 223 Å². The average molecular weight is 548 g/mol. The number of morpholine rings is 1. The van der Waals surface area contributed by atoms with Gasteiger partial charge in [-0.25, -0.2) is 18.4 Å². The molecule has 1 unspecified atom stereocenters. The topological polar surface area (TPSA) is 143 Å². The Morgan fingerprint density at radius 3 is 2.53 bits per heavy atom. The van der Waals surface area contributed by atoms with Gasteiger partial charge in [0.15, 0.2) is 5.58 Å². The molecule has 2 N–H and O–H groups in total. The number of carbonyl (C=O) groups excluding carboxylic acids is 2. The van der Waals surface area contributed by atoms with Crippen molar-refractivity contribution in [2.75, 3.05) is 32.6 Å². The highest BCUT2D eigenvalue weighted by Gasteiger charge is 2.31. The van der Waals surface area contributed by atoms with Gasteiger partial charge in [0.25, 0.3) is 5.89 Å². The van der Waals surface area contributed by atoms with E-state index in [0.29, 0.717) is 56.2 Å². The number of para-hydroxylation sites is 2. The van der Waals surface area contributed by atoms with Crippen LogP contribution in [0.2, 0.25) is 0 Å². The van der Waals surface area contributed by atoms with E-state index in [1.807, 2.05) is 6.07 Å². The predicted molar refractivity (Wildman–Crippen MR) is 143 cm³/mol. The normalized spacial score (nSPS) is 19.2. The molecule has 1 aromatic heterocycles. The highest BCUT2D eigenvalue weighted by atomic mass is 32.2. The van der Waals surface area contributed by atoms with Crippen LogP contribution in [-0.4, -0.2) is 80.6 Å². The molecule has 12 heteroatoms. The molecule has 2 heterocycles. The molecule has 208 valence electrons. The van der Waals surface area contributed by atoms with E-state index in [9.17, 15) is 18.0 Å². The van der Waals surface area contributed by atoms with E-state index < -0.39 is 33.8 Å². The number of fused-ring (bicyclic) bond motifs is 1. The van der Waals surface area contributed by atoms with Gasteiger partial charge in [-0.05, 0) is 30.9 Å². The van der Waals surface area contributed by atoms with Crippen LogP contribution in [0.3, 0.4) is 0 Å². The average Bonchev–Trinajstić information content (AvgIpc) is 3.35. The summed E-state index contributed by atoms with van der Waals surface area (Å²) in [6.45, 7) is 3.57. The molecule has 11 nitrogen and oxygen atoms in total. The summed E-state index contributed by atoms with van der Waals surface area (Å²) in [6, 6.07) is 5.38. The van der Waals surface area contributed by atoms with Crippen LogP contribution in [0.15, 0.2) is 33.7 Å². The minimum Gasteiger partial charge on any atom is -0.434 e. The molecule has 1 amide bonds. The van der Waals surface area contributed by atoms with E-state index in [1.54, 1.807) is 30.0 Å². The van der Waals surface area contributed by atoms with Gasteiger partial charge in [0.05, 0.1) is 25.5 Å². The van der Waals surface area contributed by atoms with Crippen molar-refractivity contribution in [3.05, 3.63) is 30.2 Å². The maximum atomic E-state index is 13.6. The summed E-state index contributed by atoms with van der Waals surface area (Å²) in [5.41, 5.74) is 1.07. The molecule has 2 atom stereocenters. The second-order valence-electron chi connectivity index (χ2n) is 10.0. The lowest BCUT2D eigenvalue weighted by atomic mass is 9.84. The standard InChI is InChI=1S/C26H37N5O6S/c1-3-19(23(32)25-28-20-11-7-8-12-22(20)37-25)27-24(33)21(17-18-9-5-4-6-10-18)29-26(30-38(2,34)35)31-13-15-36-16-14-31/h7-8,11-12,18-19,21H,3-6,9-10,13-17H2,1-2H3,(H,27,33)(H,29,30)/t19?,21-/m0/s1. The van der Waals surface area contributed by atoms with Gasteiger partial charge in [-0.2, -0.15) is 0 Å². The van der Waals surface area contributed by atoms with Crippen LogP contribution in [0.25, 0.3) is 11.1 Å². The first-order valence-electron chi connectivity index (χ1n) is 13.3. The Morgan fingerprint density at radius 1 is 1.16 bits per heavy atom. The van der Waals surface area contributed by atoms with Crippen molar-refractivity contribution in [1.29, 1.82) is 0 Å². The first-order chi connectivity index (χ1) is 18.2. The molecule has 0 bridgehead atoms. The molecule has 1 saturated heterocycles. The minimum absolute atomic E-state index is 0.0570. The molecule has 2 aliphatic rings. The zero-order valence-corrected chi connectivity index (χ0v) is 22.8. The van der Waals surface area contributed by atoms with E-state index in [0.717, 1.165) is 31.9 Å². The first kappa shape index (κ1) is 28.0. The highest BCUT2D eigenvalue weighted by Crippen LogP contribution is 2.28. The molecule has 1 saturated carbocycles. The van der Waals surface area contributed by atoms with E-state index in [2.05, 4.69) is 20.0 Å². The summed E-state index contributed by atoms with van der Waals surface area (Å²) < 4.78 is 37.9. The molecule has 2 fully saturated rings. The monoisotopic (exact) mass is 547 g/mol. The van der Waals surface area contributed by atoms with Gasteiger partial charge in [0.2, 0.25) is 27.7 Å². The van der Waals surface area contributed by atoms with E-state index in [1.165, 1.54) is 6.42 Å². The Morgan fingerprint density at radius 2 is 1.87 bits per heavy atom.